The summed E-state index contributed by atoms with van der Waals surface area (Å²) in [6, 6.07) is 13.2. The Morgan fingerprint density at radius 3 is 2.46 bits per heavy atom. The zero-order valence-corrected chi connectivity index (χ0v) is 16.1. The smallest absolute Gasteiger partial charge is 0.337 e. The number of ether oxygens (including phenoxy) is 1. The van der Waals surface area contributed by atoms with Crippen molar-refractivity contribution in [1.29, 1.82) is 0 Å². The van der Waals surface area contributed by atoms with Crippen LogP contribution in [-0.2, 0) is 16.1 Å². The van der Waals surface area contributed by atoms with E-state index in [-0.39, 0.29) is 5.91 Å². The molecule has 1 atom stereocenters. The standard InChI is InChI=1S/C19H18ClN5O3/c1-12(25-23-17(22-24-25)14-7-9-16(20)10-8-14)18(26)21-11-13-3-5-15(6-4-13)19(27)28-2/h3-10,12H,11H2,1-2H3,(H,21,26). The van der Waals surface area contributed by atoms with E-state index in [9.17, 15) is 9.59 Å². The summed E-state index contributed by atoms with van der Waals surface area (Å²) < 4.78 is 4.66. The number of hydrogen-bond donors (Lipinski definition) is 1. The highest BCUT2D eigenvalue weighted by Crippen LogP contribution is 2.17. The maximum absolute atomic E-state index is 12.4. The minimum absolute atomic E-state index is 0.253. The van der Waals surface area contributed by atoms with Crippen molar-refractivity contribution in [3.8, 4) is 11.4 Å². The van der Waals surface area contributed by atoms with Gasteiger partial charge >= 0.3 is 5.97 Å². The van der Waals surface area contributed by atoms with E-state index in [4.69, 9.17) is 11.6 Å². The molecule has 1 amide bonds. The molecular weight excluding hydrogens is 382 g/mol. The molecule has 0 spiro atoms. The summed E-state index contributed by atoms with van der Waals surface area (Å²) in [5.74, 6) is -0.246. The lowest BCUT2D eigenvalue weighted by atomic mass is 10.1. The Balaban J connectivity index is 1.60. The van der Waals surface area contributed by atoms with Gasteiger partial charge in [0.05, 0.1) is 12.7 Å². The van der Waals surface area contributed by atoms with Crippen molar-refractivity contribution in [2.45, 2.75) is 19.5 Å². The van der Waals surface area contributed by atoms with Gasteiger partial charge in [-0.05, 0) is 54.1 Å². The normalized spacial score (nSPS) is 11.7. The van der Waals surface area contributed by atoms with Gasteiger partial charge in [-0.3, -0.25) is 4.79 Å². The summed E-state index contributed by atoms with van der Waals surface area (Å²) in [7, 11) is 1.33. The zero-order chi connectivity index (χ0) is 20.1. The molecule has 0 aliphatic carbocycles. The highest BCUT2D eigenvalue weighted by atomic mass is 35.5. The Morgan fingerprint density at radius 2 is 1.82 bits per heavy atom. The van der Waals surface area contributed by atoms with Gasteiger partial charge in [0.1, 0.15) is 6.04 Å². The fourth-order valence-electron chi connectivity index (χ4n) is 2.42. The van der Waals surface area contributed by atoms with E-state index < -0.39 is 12.0 Å². The van der Waals surface area contributed by atoms with E-state index in [0.717, 1.165) is 11.1 Å². The number of tetrazole rings is 1. The van der Waals surface area contributed by atoms with Crippen LogP contribution in [0.25, 0.3) is 11.4 Å². The highest BCUT2D eigenvalue weighted by Gasteiger charge is 2.18. The predicted molar refractivity (Wildman–Crippen MR) is 103 cm³/mol. The first-order chi connectivity index (χ1) is 13.5. The largest absolute Gasteiger partial charge is 0.465 e. The third-order valence-electron chi connectivity index (χ3n) is 4.10. The van der Waals surface area contributed by atoms with Crippen LogP contribution in [0.5, 0.6) is 0 Å². The average Bonchev–Trinajstić information content (AvgIpc) is 3.22. The Labute approximate surface area is 166 Å². The molecule has 9 heteroatoms. The first kappa shape index (κ1) is 19.5. The average molecular weight is 400 g/mol. The maximum atomic E-state index is 12.4. The third-order valence-corrected chi connectivity index (χ3v) is 4.35. The lowest BCUT2D eigenvalue weighted by molar-refractivity contribution is -0.124. The third kappa shape index (κ3) is 4.52. The van der Waals surface area contributed by atoms with Gasteiger partial charge in [-0.1, -0.05) is 23.7 Å². The topological polar surface area (TPSA) is 99.0 Å². The molecule has 0 saturated carbocycles. The number of aromatic nitrogens is 4. The van der Waals surface area contributed by atoms with E-state index in [1.54, 1.807) is 55.5 Å². The molecule has 2 aromatic carbocycles. The van der Waals surface area contributed by atoms with Crippen molar-refractivity contribution in [2.75, 3.05) is 7.11 Å². The Bertz CT molecular complexity index is 970. The van der Waals surface area contributed by atoms with Crippen LogP contribution < -0.4 is 5.32 Å². The number of nitrogens with one attached hydrogen (secondary N) is 1. The van der Waals surface area contributed by atoms with Crippen LogP contribution >= 0.6 is 11.6 Å². The summed E-state index contributed by atoms with van der Waals surface area (Å²) in [6.45, 7) is 1.99. The number of hydrogen-bond acceptors (Lipinski definition) is 6. The van der Waals surface area contributed by atoms with Gasteiger partial charge in [-0.15, -0.1) is 10.2 Å². The van der Waals surface area contributed by atoms with Crippen molar-refractivity contribution >= 4 is 23.5 Å². The predicted octanol–water partition coefficient (Wildman–Crippen LogP) is 2.66. The van der Waals surface area contributed by atoms with Crippen molar-refractivity contribution in [3.63, 3.8) is 0 Å². The molecule has 28 heavy (non-hydrogen) atoms. The van der Waals surface area contributed by atoms with Crippen molar-refractivity contribution in [1.82, 2.24) is 25.5 Å². The molecule has 0 radical (unpaired) electrons. The Morgan fingerprint density at radius 1 is 1.14 bits per heavy atom. The fourth-order valence-corrected chi connectivity index (χ4v) is 2.55. The minimum Gasteiger partial charge on any atom is -0.465 e. The van der Waals surface area contributed by atoms with Gasteiger partial charge in [-0.25, -0.2) is 4.79 Å². The fraction of sp³-hybridized carbons (Fsp3) is 0.211. The zero-order valence-electron chi connectivity index (χ0n) is 15.3. The monoisotopic (exact) mass is 399 g/mol. The number of rotatable bonds is 6. The molecular formula is C19H18ClN5O3. The second kappa shape index (κ2) is 8.62. The number of carbonyl (C=O) groups excluding carboxylic acids is 2. The van der Waals surface area contributed by atoms with Crippen LogP contribution in [0.15, 0.2) is 48.5 Å². The second-order valence-corrected chi connectivity index (χ2v) is 6.46. The lowest BCUT2D eigenvalue weighted by Gasteiger charge is -2.11. The number of methoxy groups -OCH3 is 1. The maximum Gasteiger partial charge on any atom is 0.337 e. The molecule has 0 aliphatic rings. The number of nitrogens with zero attached hydrogens (tertiary/aromatic N) is 4. The Hall–Kier alpha value is -3.26. The van der Waals surface area contributed by atoms with Crippen LogP contribution in [0.1, 0.15) is 28.9 Å². The summed E-state index contributed by atoms with van der Waals surface area (Å²) in [6.07, 6.45) is 0. The lowest BCUT2D eigenvalue weighted by Crippen LogP contribution is -2.31. The SMILES string of the molecule is COC(=O)c1ccc(CNC(=O)C(C)n2nnc(-c3ccc(Cl)cc3)n2)cc1. The van der Waals surface area contributed by atoms with Crippen molar-refractivity contribution in [3.05, 3.63) is 64.7 Å². The molecule has 0 fully saturated rings. The molecule has 0 saturated heterocycles. The summed E-state index contributed by atoms with van der Waals surface area (Å²) >= 11 is 5.88. The van der Waals surface area contributed by atoms with Gasteiger partial charge in [0.15, 0.2) is 0 Å². The van der Waals surface area contributed by atoms with Crippen LogP contribution in [0, 0.1) is 0 Å². The van der Waals surface area contributed by atoms with Gasteiger partial charge < -0.3 is 10.1 Å². The van der Waals surface area contributed by atoms with Crippen LogP contribution in [0.4, 0.5) is 0 Å². The molecule has 1 N–H and O–H groups in total. The summed E-state index contributed by atoms with van der Waals surface area (Å²) in [4.78, 5) is 25.1. The first-order valence-corrected chi connectivity index (χ1v) is 8.86. The molecule has 0 bridgehead atoms. The molecule has 8 nitrogen and oxygen atoms in total. The van der Waals surface area contributed by atoms with E-state index in [2.05, 4.69) is 25.5 Å². The molecule has 3 rings (SSSR count). The summed E-state index contributed by atoms with van der Waals surface area (Å²) in [5.41, 5.74) is 2.06. The van der Waals surface area contributed by atoms with Crippen molar-refractivity contribution < 1.29 is 14.3 Å². The summed E-state index contributed by atoms with van der Waals surface area (Å²) in [5, 5.41) is 15.6. The Kier molecular flexibility index (Phi) is 6.00. The number of benzene rings is 2. The van der Waals surface area contributed by atoms with E-state index in [0.29, 0.717) is 23.0 Å². The van der Waals surface area contributed by atoms with Gasteiger partial charge in [0.25, 0.3) is 0 Å². The minimum atomic E-state index is -0.636. The van der Waals surface area contributed by atoms with Gasteiger partial charge in [0.2, 0.25) is 11.7 Å². The first-order valence-electron chi connectivity index (χ1n) is 8.48. The van der Waals surface area contributed by atoms with Crippen molar-refractivity contribution in [2.24, 2.45) is 0 Å². The van der Waals surface area contributed by atoms with E-state index in [1.165, 1.54) is 11.9 Å². The number of halogens is 1. The van der Waals surface area contributed by atoms with Gasteiger partial charge in [-0.2, -0.15) is 4.80 Å². The molecule has 3 aromatic rings. The number of esters is 1. The molecule has 1 aromatic heterocycles. The van der Waals surface area contributed by atoms with Crippen LogP contribution in [0.3, 0.4) is 0 Å². The van der Waals surface area contributed by atoms with Crippen LogP contribution in [0.2, 0.25) is 5.02 Å². The number of carbonyl (C=O) groups is 2. The van der Waals surface area contributed by atoms with Gasteiger partial charge in [0, 0.05) is 17.1 Å². The van der Waals surface area contributed by atoms with Crippen LogP contribution in [-0.4, -0.2) is 39.2 Å². The second-order valence-electron chi connectivity index (χ2n) is 6.02. The number of amides is 1. The molecule has 0 aliphatic heterocycles. The van der Waals surface area contributed by atoms with E-state index in [1.807, 2.05) is 0 Å². The molecule has 1 unspecified atom stereocenters. The molecule has 1 heterocycles. The quantitative estimate of drug-likeness (QED) is 0.640. The highest BCUT2D eigenvalue weighted by molar-refractivity contribution is 6.30. The molecule has 144 valence electrons. The van der Waals surface area contributed by atoms with E-state index >= 15 is 0 Å².